The summed E-state index contributed by atoms with van der Waals surface area (Å²) in [5, 5.41) is 0. The van der Waals surface area contributed by atoms with Crippen molar-refractivity contribution in [2.75, 3.05) is 33.4 Å². The van der Waals surface area contributed by atoms with Gasteiger partial charge in [-0.1, -0.05) is 42.5 Å². The monoisotopic (exact) mass is 362 g/mol. The molecule has 4 nitrogen and oxygen atoms in total. The lowest BCUT2D eigenvalue weighted by atomic mass is 9.95. The third-order valence-electron chi connectivity index (χ3n) is 4.55. The Kier molecular flexibility index (Phi) is 7.72. The highest BCUT2D eigenvalue weighted by atomic mass is 35.5. The van der Waals surface area contributed by atoms with Gasteiger partial charge in [0, 0.05) is 38.7 Å². The Bertz CT molecular complexity index is 621. The van der Waals surface area contributed by atoms with Crippen LogP contribution in [0.25, 0.3) is 0 Å². The molecule has 0 spiro atoms. The molecule has 25 heavy (non-hydrogen) atoms. The molecule has 1 saturated heterocycles. The first-order valence-corrected chi connectivity index (χ1v) is 8.50. The lowest BCUT2D eigenvalue weighted by molar-refractivity contribution is 0.146. The fraction of sp³-hybridized carbons (Fsp3) is 0.400. The highest BCUT2D eigenvalue weighted by Crippen LogP contribution is 2.27. The molecule has 0 aliphatic carbocycles. The molecular formula is C20H27ClN2O2. The van der Waals surface area contributed by atoms with E-state index in [0.717, 1.165) is 25.4 Å². The Labute approximate surface area is 156 Å². The molecule has 136 valence electrons. The number of methoxy groups -OCH3 is 1. The van der Waals surface area contributed by atoms with Crippen molar-refractivity contribution in [3.8, 4) is 5.75 Å². The van der Waals surface area contributed by atoms with Crippen molar-refractivity contribution in [1.29, 1.82) is 0 Å². The summed E-state index contributed by atoms with van der Waals surface area (Å²) in [5.74, 6) is 1.30. The van der Waals surface area contributed by atoms with E-state index in [1.54, 1.807) is 7.11 Å². The van der Waals surface area contributed by atoms with Gasteiger partial charge in [0.15, 0.2) is 0 Å². The minimum Gasteiger partial charge on any atom is -0.491 e. The number of halogens is 1. The van der Waals surface area contributed by atoms with Crippen molar-refractivity contribution in [1.82, 2.24) is 4.90 Å². The van der Waals surface area contributed by atoms with E-state index >= 15 is 0 Å². The molecule has 2 aromatic carbocycles. The zero-order valence-corrected chi connectivity index (χ0v) is 15.5. The lowest BCUT2D eigenvalue weighted by Gasteiger charge is -2.16. The van der Waals surface area contributed by atoms with E-state index in [1.165, 1.54) is 11.1 Å². The smallest absolute Gasteiger partial charge is 0.119 e. The fourth-order valence-corrected chi connectivity index (χ4v) is 3.29. The van der Waals surface area contributed by atoms with Crippen LogP contribution in [0.4, 0.5) is 0 Å². The maximum absolute atomic E-state index is 6.37. The van der Waals surface area contributed by atoms with Crippen LogP contribution in [0.3, 0.4) is 0 Å². The average Bonchev–Trinajstić information content (AvgIpc) is 2.98. The molecule has 3 rings (SSSR count). The van der Waals surface area contributed by atoms with Crippen LogP contribution in [0, 0.1) is 0 Å². The van der Waals surface area contributed by atoms with Gasteiger partial charge < -0.3 is 15.2 Å². The SMILES string of the molecule is COCCOc1ccc(CN2C[C@@H](N)[C@H](c3ccccc3)C2)cc1.Cl. The predicted octanol–water partition coefficient (Wildman–Crippen LogP) is 3.06. The maximum atomic E-state index is 6.37. The van der Waals surface area contributed by atoms with E-state index < -0.39 is 0 Å². The molecule has 1 fully saturated rings. The number of hydrogen-bond acceptors (Lipinski definition) is 4. The molecule has 0 saturated carbocycles. The summed E-state index contributed by atoms with van der Waals surface area (Å²) in [6, 6.07) is 19.1. The second-order valence-corrected chi connectivity index (χ2v) is 6.36. The van der Waals surface area contributed by atoms with Gasteiger partial charge in [-0.15, -0.1) is 12.4 Å². The molecule has 2 atom stereocenters. The zero-order valence-electron chi connectivity index (χ0n) is 14.6. The quantitative estimate of drug-likeness (QED) is 0.769. The van der Waals surface area contributed by atoms with Crippen LogP contribution < -0.4 is 10.5 Å². The van der Waals surface area contributed by atoms with Crippen LogP contribution in [0.2, 0.25) is 0 Å². The Morgan fingerprint density at radius 3 is 2.40 bits per heavy atom. The largest absolute Gasteiger partial charge is 0.491 e. The number of rotatable bonds is 7. The highest BCUT2D eigenvalue weighted by Gasteiger charge is 2.30. The molecular weight excluding hydrogens is 336 g/mol. The van der Waals surface area contributed by atoms with Crippen molar-refractivity contribution >= 4 is 12.4 Å². The number of benzene rings is 2. The molecule has 1 aliphatic rings. The normalized spacial score (nSPS) is 20.2. The van der Waals surface area contributed by atoms with Gasteiger partial charge in [-0.3, -0.25) is 4.90 Å². The van der Waals surface area contributed by atoms with E-state index in [0.29, 0.717) is 19.1 Å². The van der Waals surface area contributed by atoms with Gasteiger partial charge in [-0.25, -0.2) is 0 Å². The Morgan fingerprint density at radius 2 is 1.72 bits per heavy atom. The minimum atomic E-state index is 0. The zero-order chi connectivity index (χ0) is 16.8. The Hall–Kier alpha value is -1.59. The summed E-state index contributed by atoms with van der Waals surface area (Å²) >= 11 is 0. The van der Waals surface area contributed by atoms with Crippen molar-refractivity contribution < 1.29 is 9.47 Å². The van der Waals surface area contributed by atoms with Crippen molar-refractivity contribution in [2.45, 2.75) is 18.5 Å². The van der Waals surface area contributed by atoms with E-state index in [4.69, 9.17) is 15.2 Å². The van der Waals surface area contributed by atoms with Crippen LogP contribution in [0.1, 0.15) is 17.0 Å². The summed E-state index contributed by atoms with van der Waals surface area (Å²) in [5.41, 5.74) is 9.00. The Morgan fingerprint density at radius 1 is 1.00 bits per heavy atom. The van der Waals surface area contributed by atoms with Crippen LogP contribution >= 0.6 is 12.4 Å². The number of likely N-dealkylation sites (tertiary alicyclic amines) is 1. The van der Waals surface area contributed by atoms with E-state index in [1.807, 2.05) is 12.1 Å². The number of nitrogens with zero attached hydrogens (tertiary/aromatic N) is 1. The summed E-state index contributed by atoms with van der Waals surface area (Å²) in [6.07, 6.45) is 0. The van der Waals surface area contributed by atoms with E-state index in [2.05, 4.69) is 47.4 Å². The molecule has 2 N–H and O–H groups in total. The first-order valence-electron chi connectivity index (χ1n) is 8.50. The van der Waals surface area contributed by atoms with Gasteiger partial charge in [0.05, 0.1) is 6.61 Å². The first kappa shape index (κ1) is 19.7. The molecule has 1 aliphatic heterocycles. The summed E-state index contributed by atoms with van der Waals surface area (Å²) < 4.78 is 10.6. The van der Waals surface area contributed by atoms with Crippen LogP contribution in [0.15, 0.2) is 54.6 Å². The number of nitrogens with two attached hydrogens (primary N) is 1. The molecule has 1 heterocycles. The second kappa shape index (κ2) is 9.78. The Balaban J connectivity index is 0.00000225. The van der Waals surface area contributed by atoms with Crippen molar-refractivity contribution in [3.63, 3.8) is 0 Å². The average molecular weight is 363 g/mol. The van der Waals surface area contributed by atoms with Crippen molar-refractivity contribution in [3.05, 3.63) is 65.7 Å². The molecule has 0 unspecified atom stereocenters. The minimum absolute atomic E-state index is 0. The fourth-order valence-electron chi connectivity index (χ4n) is 3.29. The molecule has 0 aromatic heterocycles. The number of ether oxygens (including phenoxy) is 2. The van der Waals surface area contributed by atoms with Gasteiger partial charge >= 0.3 is 0 Å². The second-order valence-electron chi connectivity index (χ2n) is 6.36. The van der Waals surface area contributed by atoms with Crippen LogP contribution in [0.5, 0.6) is 5.75 Å². The van der Waals surface area contributed by atoms with E-state index in [-0.39, 0.29) is 18.4 Å². The first-order chi connectivity index (χ1) is 11.8. The maximum Gasteiger partial charge on any atom is 0.119 e. The van der Waals surface area contributed by atoms with Crippen molar-refractivity contribution in [2.24, 2.45) is 5.73 Å². The van der Waals surface area contributed by atoms with Gasteiger partial charge in [-0.05, 0) is 23.3 Å². The standard InChI is InChI=1S/C20H26N2O2.ClH/c1-23-11-12-24-18-9-7-16(8-10-18)13-22-14-19(20(21)15-22)17-5-3-2-4-6-17;/h2-10,19-20H,11-15,21H2,1H3;1H/t19-,20+;/m0./s1. The van der Waals surface area contributed by atoms with Crippen LogP contribution in [-0.4, -0.2) is 44.4 Å². The molecule has 5 heteroatoms. The summed E-state index contributed by atoms with van der Waals surface area (Å²) in [7, 11) is 1.68. The third-order valence-corrected chi connectivity index (χ3v) is 4.55. The summed E-state index contributed by atoms with van der Waals surface area (Å²) in [4.78, 5) is 2.43. The van der Waals surface area contributed by atoms with Gasteiger partial charge in [0.25, 0.3) is 0 Å². The lowest BCUT2D eigenvalue weighted by Crippen LogP contribution is -2.28. The molecule has 0 radical (unpaired) electrons. The topological polar surface area (TPSA) is 47.7 Å². The molecule has 2 aromatic rings. The van der Waals surface area contributed by atoms with Gasteiger partial charge in [-0.2, -0.15) is 0 Å². The molecule has 0 amide bonds. The van der Waals surface area contributed by atoms with E-state index in [9.17, 15) is 0 Å². The third kappa shape index (κ3) is 5.44. The van der Waals surface area contributed by atoms with Crippen LogP contribution in [-0.2, 0) is 11.3 Å². The number of hydrogen-bond donors (Lipinski definition) is 1. The van der Waals surface area contributed by atoms with Gasteiger partial charge in [0.2, 0.25) is 0 Å². The van der Waals surface area contributed by atoms with Gasteiger partial charge in [0.1, 0.15) is 12.4 Å². The predicted molar refractivity (Wildman–Crippen MR) is 103 cm³/mol. The summed E-state index contributed by atoms with van der Waals surface area (Å²) in [6.45, 7) is 4.06. The molecule has 0 bridgehead atoms. The highest BCUT2D eigenvalue weighted by molar-refractivity contribution is 5.85.